The van der Waals surface area contributed by atoms with E-state index < -0.39 is 23.6 Å². The van der Waals surface area contributed by atoms with Crippen molar-refractivity contribution < 1.29 is 22.8 Å². The van der Waals surface area contributed by atoms with E-state index in [1.807, 2.05) is 0 Å². The van der Waals surface area contributed by atoms with Crippen molar-refractivity contribution in [3.05, 3.63) is 83.9 Å². The van der Waals surface area contributed by atoms with Crippen LogP contribution in [-0.2, 0) is 17.5 Å². The maximum atomic E-state index is 12.9. The lowest BCUT2D eigenvalue weighted by molar-refractivity contribution is -0.137. The molecule has 4 aromatic rings. The number of anilines is 2. The number of benzene rings is 3. The Kier molecular flexibility index (Phi) is 5.59. The van der Waals surface area contributed by atoms with Gasteiger partial charge in [-0.05, 0) is 42.5 Å². The zero-order valence-corrected chi connectivity index (χ0v) is 16.4. The lowest BCUT2D eigenvalue weighted by Crippen LogP contribution is -2.22. The van der Waals surface area contributed by atoms with Crippen LogP contribution in [0.1, 0.15) is 15.9 Å². The maximum Gasteiger partial charge on any atom is 0.416 e. The van der Waals surface area contributed by atoms with Crippen LogP contribution in [0.4, 0.5) is 24.5 Å². The zero-order valence-electron chi connectivity index (χ0n) is 16.4. The smallest absolute Gasteiger partial charge is 0.324 e. The molecule has 0 saturated carbocycles. The molecular weight excluding hydrogens is 423 g/mol. The number of nitrogens with one attached hydrogen (secondary N) is 2. The fraction of sp³-hybridized carbons (Fsp3) is 0.0909. The Bertz CT molecular complexity index is 1300. The van der Waals surface area contributed by atoms with Crippen LogP contribution in [0.2, 0.25) is 0 Å². The fourth-order valence-corrected chi connectivity index (χ4v) is 3.12. The second kappa shape index (κ2) is 8.50. The number of amides is 2. The second-order valence-electron chi connectivity index (χ2n) is 6.86. The molecule has 1 aromatic heterocycles. The summed E-state index contributed by atoms with van der Waals surface area (Å²) in [5.74, 6) is -1.11. The summed E-state index contributed by atoms with van der Waals surface area (Å²) in [5, 5.41) is 13.0. The SMILES string of the molecule is O=C(Cn1nnc2ccccc21)Nc1ccccc1C(=O)Nc1cccc(C(F)(F)F)c1. The number of alkyl halides is 3. The number of para-hydroxylation sites is 2. The molecule has 10 heteroatoms. The molecule has 4 rings (SSSR count). The van der Waals surface area contributed by atoms with Crippen LogP contribution in [-0.4, -0.2) is 26.8 Å². The van der Waals surface area contributed by atoms with Gasteiger partial charge in [-0.15, -0.1) is 5.10 Å². The molecule has 0 atom stereocenters. The summed E-state index contributed by atoms with van der Waals surface area (Å²) in [6.07, 6.45) is -4.53. The van der Waals surface area contributed by atoms with Gasteiger partial charge >= 0.3 is 6.18 Å². The van der Waals surface area contributed by atoms with Crippen LogP contribution in [0.3, 0.4) is 0 Å². The lowest BCUT2D eigenvalue weighted by Gasteiger charge is -2.13. The van der Waals surface area contributed by atoms with Gasteiger partial charge in [0.05, 0.1) is 22.3 Å². The molecule has 0 unspecified atom stereocenters. The van der Waals surface area contributed by atoms with E-state index in [4.69, 9.17) is 0 Å². The van der Waals surface area contributed by atoms with Crippen LogP contribution < -0.4 is 10.6 Å². The molecule has 0 spiro atoms. The third-order valence-electron chi connectivity index (χ3n) is 4.61. The van der Waals surface area contributed by atoms with E-state index in [0.29, 0.717) is 11.0 Å². The second-order valence-corrected chi connectivity index (χ2v) is 6.86. The molecule has 1 heterocycles. The molecule has 3 aromatic carbocycles. The highest BCUT2D eigenvalue weighted by Crippen LogP contribution is 2.31. The average molecular weight is 439 g/mol. The third kappa shape index (κ3) is 4.59. The normalized spacial score (nSPS) is 11.3. The van der Waals surface area contributed by atoms with Crippen LogP contribution in [0.25, 0.3) is 11.0 Å². The Morgan fingerprint density at radius 2 is 1.66 bits per heavy atom. The van der Waals surface area contributed by atoms with Gasteiger partial charge in [-0.25, -0.2) is 4.68 Å². The first-order valence-corrected chi connectivity index (χ1v) is 9.47. The van der Waals surface area contributed by atoms with Gasteiger partial charge in [0.2, 0.25) is 5.91 Å². The summed E-state index contributed by atoms with van der Waals surface area (Å²) in [5.41, 5.74) is 0.740. The van der Waals surface area contributed by atoms with Crippen LogP contribution in [0, 0.1) is 0 Å². The van der Waals surface area contributed by atoms with Crippen molar-refractivity contribution in [2.45, 2.75) is 12.7 Å². The minimum Gasteiger partial charge on any atom is -0.324 e. The van der Waals surface area contributed by atoms with Crippen molar-refractivity contribution in [2.75, 3.05) is 10.6 Å². The Hall–Kier alpha value is -4.21. The van der Waals surface area contributed by atoms with Crippen molar-refractivity contribution in [1.29, 1.82) is 0 Å². The zero-order chi connectivity index (χ0) is 22.7. The topological polar surface area (TPSA) is 88.9 Å². The lowest BCUT2D eigenvalue weighted by atomic mass is 10.1. The van der Waals surface area contributed by atoms with E-state index in [0.717, 1.165) is 12.1 Å². The molecule has 0 radical (unpaired) electrons. The number of carbonyl (C=O) groups excluding carboxylic acids is 2. The summed E-state index contributed by atoms with van der Waals surface area (Å²) in [6, 6.07) is 17.7. The summed E-state index contributed by atoms with van der Waals surface area (Å²) in [7, 11) is 0. The minimum atomic E-state index is -4.53. The number of hydrogen-bond donors (Lipinski definition) is 2. The van der Waals surface area contributed by atoms with E-state index >= 15 is 0 Å². The highest BCUT2D eigenvalue weighted by atomic mass is 19.4. The number of hydrogen-bond acceptors (Lipinski definition) is 4. The van der Waals surface area contributed by atoms with Gasteiger partial charge < -0.3 is 10.6 Å². The van der Waals surface area contributed by atoms with Crippen molar-refractivity contribution >= 4 is 34.2 Å². The first-order chi connectivity index (χ1) is 15.3. The van der Waals surface area contributed by atoms with Gasteiger partial charge in [-0.1, -0.05) is 35.5 Å². The predicted octanol–water partition coefficient (Wildman–Crippen LogP) is 4.34. The molecule has 2 amide bonds. The summed E-state index contributed by atoms with van der Waals surface area (Å²) >= 11 is 0. The van der Waals surface area contributed by atoms with E-state index in [2.05, 4.69) is 20.9 Å². The van der Waals surface area contributed by atoms with Gasteiger partial charge in [0.15, 0.2) is 0 Å². The Labute approximate surface area is 179 Å². The number of halogens is 3. The monoisotopic (exact) mass is 439 g/mol. The Morgan fingerprint density at radius 1 is 0.906 bits per heavy atom. The van der Waals surface area contributed by atoms with E-state index in [1.54, 1.807) is 36.4 Å². The fourth-order valence-electron chi connectivity index (χ4n) is 3.12. The van der Waals surface area contributed by atoms with Gasteiger partial charge in [-0.2, -0.15) is 13.2 Å². The van der Waals surface area contributed by atoms with Gasteiger partial charge in [-0.3, -0.25) is 9.59 Å². The van der Waals surface area contributed by atoms with Gasteiger partial charge in [0.1, 0.15) is 12.1 Å². The van der Waals surface area contributed by atoms with Crippen molar-refractivity contribution in [3.8, 4) is 0 Å². The van der Waals surface area contributed by atoms with Crippen molar-refractivity contribution in [2.24, 2.45) is 0 Å². The standard InChI is InChI=1S/C22H16F3N5O2/c23-22(24,25)14-6-5-7-15(12-14)26-21(32)16-8-1-2-9-17(16)27-20(31)13-30-19-11-4-3-10-18(19)28-29-30/h1-12H,13H2,(H,26,32)(H,27,31). The van der Waals surface area contributed by atoms with E-state index in [1.165, 1.54) is 28.9 Å². The first-order valence-electron chi connectivity index (χ1n) is 9.47. The largest absolute Gasteiger partial charge is 0.416 e. The molecule has 0 aliphatic carbocycles. The van der Waals surface area contributed by atoms with Crippen LogP contribution in [0.15, 0.2) is 72.8 Å². The number of aromatic nitrogens is 3. The molecule has 7 nitrogen and oxygen atoms in total. The molecule has 162 valence electrons. The number of fused-ring (bicyclic) bond motifs is 1. The quantitative estimate of drug-likeness (QED) is 0.484. The number of nitrogens with zero attached hydrogens (tertiary/aromatic N) is 3. The number of carbonyl (C=O) groups is 2. The van der Waals surface area contributed by atoms with E-state index in [-0.39, 0.29) is 23.5 Å². The van der Waals surface area contributed by atoms with E-state index in [9.17, 15) is 22.8 Å². The number of rotatable bonds is 5. The highest BCUT2D eigenvalue weighted by Gasteiger charge is 2.30. The Balaban J connectivity index is 1.50. The molecule has 32 heavy (non-hydrogen) atoms. The average Bonchev–Trinajstić information content (AvgIpc) is 3.16. The minimum absolute atomic E-state index is 0.0139. The molecule has 2 N–H and O–H groups in total. The molecule has 0 aliphatic heterocycles. The van der Waals surface area contributed by atoms with Crippen LogP contribution >= 0.6 is 0 Å². The predicted molar refractivity (Wildman–Crippen MR) is 112 cm³/mol. The molecule has 0 aliphatic rings. The summed E-state index contributed by atoms with van der Waals surface area (Å²) in [4.78, 5) is 25.3. The Morgan fingerprint density at radius 3 is 2.47 bits per heavy atom. The third-order valence-corrected chi connectivity index (χ3v) is 4.61. The molecular formula is C22H16F3N5O2. The first kappa shape index (κ1) is 21.0. The molecule has 0 saturated heterocycles. The highest BCUT2D eigenvalue weighted by molar-refractivity contribution is 6.10. The summed E-state index contributed by atoms with van der Waals surface area (Å²) in [6.45, 7) is -0.135. The van der Waals surface area contributed by atoms with Crippen LogP contribution in [0.5, 0.6) is 0 Å². The molecule has 0 fully saturated rings. The van der Waals surface area contributed by atoms with Gasteiger partial charge in [0.25, 0.3) is 5.91 Å². The van der Waals surface area contributed by atoms with Crippen molar-refractivity contribution in [1.82, 2.24) is 15.0 Å². The summed E-state index contributed by atoms with van der Waals surface area (Å²) < 4.78 is 40.2. The van der Waals surface area contributed by atoms with Gasteiger partial charge in [0, 0.05) is 5.69 Å². The van der Waals surface area contributed by atoms with Crippen molar-refractivity contribution in [3.63, 3.8) is 0 Å². The molecule has 0 bridgehead atoms. The maximum absolute atomic E-state index is 12.9.